The van der Waals surface area contributed by atoms with E-state index in [1.54, 1.807) is 0 Å². The smallest absolute Gasteiger partial charge is 0.0912 e. The van der Waals surface area contributed by atoms with E-state index >= 15 is 0 Å². The molecule has 0 amide bonds. The van der Waals surface area contributed by atoms with Gasteiger partial charge in [-0.3, -0.25) is 0 Å². The van der Waals surface area contributed by atoms with Crippen LogP contribution in [0.1, 0.15) is 12.0 Å². The molecule has 1 fully saturated rings. The van der Waals surface area contributed by atoms with E-state index in [1.807, 2.05) is 0 Å². The summed E-state index contributed by atoms with van der Waals surface area (Å²) in [6.45, 7) is 0. The van der Waals surface area contributed by atoms with Crippen molar-refractivity contribution >= 4 is 38.9 Å². The van der Waals surface area contributed by atoms with Crippen LogP contribution in [0.5, 0.6) is 0 Å². The molecule has 48 heavy (non-hydrogen) atoms. The number of fused-ring (bicyclic) bond motifs is 5. The van der Waals surface area contributed by atoms with Gasteiger partial charge in [0.15, 0.2) is 0 Å². The zero-order chi connectivity index (χ0) is 31.6. The molecule has 0 radical (unpaired) electrons. The summed E-state index contributed by atoms with van der Waals surface area (Å²) in [5.41, 5.74) is 14.1. The maximum absolute atomic E-state index is 5.39. The van der Waals surface area contributed by atoms with Crippen molar-refractivity contribution in [3.05, 3.63) is 175 Å². The highest BCUT2D eigenvalue weighted by Crippen LogP contribution is 2.50. The summed E-state index contributed by atoms with van der Waals surface area (Å²) in [7, 11) is 0. The summed E-state index contributed by atoms with van der Waals surface area (Å²) in [6.07, 6.45) is 8.14. The van der Waals surface area contributed by atoms with Crippen LogP contribution in [0.3, 0.4) is 0 Å². The molecule has 7 aromatic rings. The maximum Gasteiger partial charge on any atom is 0.0912 e. The summed E-state index contributed by atoms with van der Waals surface area (Å²) in [4.78, 5) is 5.39. The van der Waals surface area contributed by atoms with Gasteiger partial charge in [-0.1, -0.05) is 127 Å². The molecule has 3 nitrogen and oxygen atoms in total. The molecular formula is C45H33N3. The fourth-order valence-corrected chi connectivity index (χ4v) is 7.84. The fraction of sp³-hybridized carbons (Fsp3) is 0.0889. The lowest BCUT2D eigenvalue weighted by molar-refractivity contribution is 0.841. The van der Waals surface area contributed by atoms with E-state index in [1.165, 1.54) is 56.1 Å². The Labute approximate surface area is 280 Å². The average molecular weight is 616 g/mol. The number of aliphatic imine (C=N–C) groups is 1. The fourth-order valence-electron chi connectivity index (χ4n) is 7.84. The highest BCUT2D eigenvalue weighted by Gasteiger charge is 2.43. The van der Waals surface area contributed by atoms with E-state index in [2.05, 4.69) is 174 Å². The molecule has 228 valence electrons. The zero-order valence-electron chi connectivity index (χ0n) is 26.4. The molecule has 3 unspecified atom stereocenters. The van der Waals surface area contributed by atoms with E-state index in [0.717, 1.165) is 28.3 Å². The Balaban J connectivity index is 1.08. The number of nitrogens with zero attached hydrogens (tertiary/aromatic N) is 2. The average Bonchev–Trinajstić information content (AvgIpc) is 3.89. The molecule has 2 heterocycles. The van der Waals surface area contributed by atoms with Crippen LogP contribution in [-0.4, -0.2) is 16.3 Å². The molecule has 3 atom stereocenters. The van der Waals surface area contributed by atoms with Crippen molar-refractivity contribution in [2.24, 2.45) is 16.8 Å². The van der Waals surface area contributed by atoms with Gasteiger partial charge in [-0.25, -0.2) is 4.99 Å². The van der Waals surface area contributed by atoms with Gasteiger partial charge >= 0.3 is 0 Å². The Morgan fingerprint density at radius 2 is 1.25 bits per heavy atom. The van der Waals surface area contributed by atoms with Crippen molar-refractivity contribution in [1.82, 2.24) is 4.57 Å². The molecule has 2 aliphatic carbocycles. The van der Waals surface area contributed by atoms with Crippen LogP contribution in [0, 0.1) is 11.8 Å². The molecule has 0 bridgehead atoms. The lowest BCUT2D eigenvalue weighted by Crippen LogP contribution is -2.35. The van der Waals surface area contributed by atoms with Gasteiger partial charge in [0, 0.05) is 16.5 Å². The van der Waals surface area contributed by atoms with Crippen molar-refractivity contribution in [2.75, 3.05) is 5.32 Å². The predicted molar refractivity (Wildman–Crippen MR) is 201 cm³/mol. The standard InChI is InChI=1S/C45H33N3/c1-3-10-29(11-4-1)30-18-22-35(23-19-30)48-42-17-8-7-15-36(42)37-24-20-33(28-43(37)48)32-21-25-40-41(27-32)47-44(31-12-5-2-6-13-31)45(46-40)38-16-9-14-34-26-39(34)38/h1-25,27-28,34,39,45-46H,26H2. The minimum atomic E-state index is 0.0750. The summed E-state index contributed by atoms with van der Waals surface area (Å²) >= 11 is 0. The Kier molecular flexibility index (Phi) is 6.13. The first-order valence-electron chi connectivity index (χ1n) is 16.9. The molecule has 1 saturated carbocycles. The molecule has 1 N–H and O–H groups in total. The molecular weight excluding hydrogens is 583 g/mol. The van der Waals surface area contributed by atoms with Gasteiger partial charge in [0.2, 0.25) is 0 Å². The normalized spacial score (nSPS) is 19.3. The van der Waals surface area contributed by atoms with Crippen molar-refractivity contribution < 1.29 is 0 Å². The van der Waals surface area contributed by atoms with Crippen LogP contribution >= 0.6 is 0 Å². The first-order chi connectivity index (χ1) is 23.8. The van der Waals surface area contributed by atoms with Gasteiger partial charge in [0.1, 0.15) is 0 Å². The van der Waals surface area contributed by atoms with Crippen LogP contribution in [0.25, 0.3) is 49.7 Å². The second-order valence-electron chi connectivity index (χ2n) is 13.2. The van der Waals surface area contributed by atoms with E-state index in [-0.39, 0.29) is 6.04 Å². The highest BCUT2D eigenvalue weighted by molar-refractivity contribution is 6.12. The van der Waals surface area contributed by atoms with Gasteiger partial charge in [-0.15, -0.1) is 0 Å². The van der Waals surface area contributed by atoms with Crippen molar-refractivity contribution in [1.29, 1.82) is 0 Å². The summed E-state index contributed by atoms with van der Waals surface area (Å²) in [6, 6.07) is 52.6. The Morgan fingerprint density at radius 1 is 0.583 bits per heavy atom. The van der Waals surface area contributed by atoms with Gasteiger partial charge in [0.25, 0.3) is 0 Å². The molecule has 3 aliphatic rings. The second-order valence-corrected chi connectivity index (χ2v) is 13.2. The number of hydrogen-bond acceptors (Lipinski definition) is 2. The first-order valence-corrected chi connectivity index (χ1v) is 16.9. The number of rotatable bonds is 5. The number of nitrogens with one attached hydrogen (secondary N) is 1. The van der Waals surface area contributed by atoms with E-state index in [9.17, 15) is 0 Å². The van der Waals surface area contributed by atoms with E-state index in [0.29, 0.717) is 11.8 Å². The molecule has 0 saturated heterocycles. The summed E-state index contributed by atoms with van der Waals surface area (Å²) < 4.78 is 2.40. The topological polar surface area (TPSA) is 29.3 Å². The van der Waals surface area contributed by atoms with Crippen LogP contribution in [0.2, 0.25) is 0 Å². The van der Waals surface area contributed by atoms with Crippen LogP contribution in [0.4, 0.5) is 11.4 Å². The Morgan fingerprint density at radius 3 is 2.08 bits per heavy atom. The third-order valence-corrected chi connectivity index (χ3v) is 10.4. The number of hydrogen-bond donors (Lipinski definition) is 1. The number of benzene rings is 6. The molecule has 10 rings (SSSR count). The monoisotopic (exact) mass is 615 g/mol. The van der Waals surface area contributed by atoms with Crippen LogP contribution < -0.4 is 5.32 Å². The first kappa shape index (κ1) is 27.2. The van der Waals surface area contributed by atoms with Crippen molar-refractivity contribution in [3.8, 4) is 27.9 Å². The maximum atomic E-state index is 5.39. The summed E-state index contributed by atoms with van der Waals surface area (Å²) in [5, 5.41) is 6.42. The largest absolute Gasteiger partial charge is 0.371 e. The number of para-hydroxylation sites is 1. The molecule has 6 aromatic carbocycles. The Hall–Kier alpha value is -5.93. The molecule has 1 aromatic heterocycles. The SMILES string of the molecule is C1=CC2CC2C(C2Nc3ccc(-c4ccc5c6ccccc6n(-c6ccc(-c7ccccc7)cc6)c5c4)cc3N=C2c2ccccc2)=C1. The van der Waals surface area contributed by atoms with Gasteiger partial charge in [-0.2, -0.15) is 0 Å². The number of aromatic nitrogens is 1. The van der Waals surface area contributed by atoms with Crippen molar-refractivity contribution in [3.63, 3.8) is 0 Å². The molecule has 0 spiro atoms. The van der Waals surface area contributed by atoms with Gasteiger partial charge in [0.05, 0.1) is 34.2 Å². The zero-order valence-corrected chi connectivity index (χ0v) is 26.4. The third-order valence-electron chi connectivity index (χ3n) is 10.4. The minimum Gasteiger partial charge on any atom is -0.371 e. The minimum absolute atomic E-state index is 0.0750. The van der Waals surface area contributed by atoms with E-state index < -0.39 is 0 Å². The number of allylic oxidation sites excluding steroid dienone is 3. The molecule has 3 heteroatoms. The highest BCUT2D eigenvalue weighted by atomic mass is 15.0. The summed E-state index contributed by atoms with van der Waals surface area (Å²) in [5.74, 6) is 1.30. The lowest BCUT2D eigenvalue weighted by Gasteiger charge is -2.30. The van der Waals surface area contributed by atoms with Gasteiger partial charge < -0.3 is 9.88 Å². The quantitative estimate of drug-likeness (QED) is 0.205. The van der Waals surface area contributed by atoms with Crippen LogP contribution in [0.15, 0.2) is 174 Å². The van der Waals surface area contributed by atoms with Gasteiger partial charge in [-0.05, 0) is 88.0 Å². The lowest BCUT2D eigenvalue weighted by atomic mass is 9.89. The van der Waals surface area contributed by atoms with Crippen LogP contribution in [-0.2, 0) is 0 Å². The number of anilines is 1. The predicted octanol–water partition coefficient (Wildman–Crippen LogP) is 11.2. The van der Waals surface area contributed by atoms with Crippen molar-refractivity contribution in [2.45, 2.75) is 12.5 Å². The van der Waals surface area contributed by atoms with E-state index in [4.69, 9.17) is 4.99 Å². The second kappa shape index (κ2) is 10.8. The molecule has 1 aliphatic heterocycles. The Bertz CT molecular complexity index is 2450. The third kappa shape index (κ3) is 4.46.